The van der Waals surface area contributed by atoms with Gasteiger partial charge in [0, 0.05) is 15.1 Å². The maximum Gasteiger partial charge on any atom is 0.129 e. The third kappa shape index (κ3) is 2.71. The predicted octanol–water partition coefficient (Wildman–Crippen LogP) is 4.43. The molecule has 1 atom stereocenters. The molecule has 1 unspecified atom stereocenters. The number of hydrogen-bond acceptors (Lipinski definition) is 1. The molecule has 18 heavy (non-hydrogen) atoms. The van der Waals surface area contributed by atoms with Crippen molar-refractivity contribution in [2.24, 2.45) is 5.73 Å². The fourth-order valence-corrected chi connectivity index (χ4v) is 2.43. The van der Waals surface area contributed by atoms with E-state index in [1.165, 1.54) is 30.3 Å². The topological polar surface area (TPSA) is 26.0 Å². The van der Waals surface area contributed by atoms with Crippen LogP contribution >= 0.6 is 27.5 Å². The van der Waals surface area contributed by atoms with Gasteiger partial charge in [-0.2, -0.15) is 0 Å². The minimum atomic E-state index is -0.683. The molecular weight excluding hydrogens is 324 g/mol. The Hall–Kier alpha value is -0.970. The van der Waals surface area contributed by atoms with Crippen LogP contribution in [-0.2, 0) is 0 Å². The molecule has 0 amide bonds. The van der Waals surface area contributed by atoms with Crippen LogP contribution in [0.25, 0.3) is 0 Å². The fraction of sp³-hybridized carbons (Fsp3) is 0.0769. The van der Waals surface area contributed by atoms with E-state index in [9.17, 15) is 8.78 Å². The van der Waals surface area contributed by atoms with E-state index in [1.54, 1.807) is 6.07 Å². The van der Waals surface area contributed by atoms with Gasteiger partial charge >= 0.3 is 0 Å². The van der Waals surface area contributed by atoms with Crippen molar-refractivity contribution in [1.29, 1.82) is 0 Å². The minimum absolute atomic E-state index is 0.307. The summed E-state index contributed by atoms with van der Waals surface area (Å²) in [7, 11) is 0. The molecule has 0 aromatic heterocycles. The van der Waals surface area contributed by atoms with Crippen LogP contribution in [0.15, 0.2) is 40.9 Å². The summed E-state index contributed by atoms with van der Waals surface area (Å²) in [6, 6.07) is 7.72. The van der Waals surface area contributed by atoms with Gasteiger partial charge in [0.15, 0.2) is 0 Å². The van der Waals surface area contributed by atoms with Gasteiger partial charge in [-0.15, -0.1) is 0 Å². The summed E-state index contributed by atoms with van der Waals surface area (Å²) in [6.07, 6.45) is 0. The zero-order valence-corrected chi connectivity index (χ0v) is 11.5. The van der Waals surface area contributed by atoms with Crippen LogP contribution in [0.4, 0.5) is 8.78 Å². The Morgan fingerprint density at radius 3 is 2.33 bits per heavy atom. The molecule has 0 saturated carbocycles. The first-order valence-corrected chi connectivity index (χ1v) is 6.31. The van der Waals surface area contributed by atoms with Crippen LogP contribution in [0.3, 0.4) is 0 Å². The lowest BCUT2D eigenvalue weighted by Gasteiger charge is -2.15. The van der Waals surface area contributed by atoms with Gasteiger partial charge in [0.1, 0.15) is 11.6 Å². The highest BCUT2D eigenvalue weighted by atomic mass is 79.9. The molecule has 2 N–H and O–H groups in total. The highest BCUT2D eigenvalue weighted by Crippen LogP contribution is 2.29. The number of nitrogens with two attached hydrogens (primary N) is 1. The van der Waals surface area contributed by atoms with E-state index in [-0.39, 0.29) is 5.82 Å². The molecule has 2 aromatic rings. The summed E-state index contributed by atoms with van der Waals surface area (Å²) in [4.78, 5) is 0. The molecule has 0 aliphatic rings. The van der Waals surface area contributed by atoms with Crippen LogP contribution in [0.2, 0.25) is 5.02 Å². The van der Waals surface area contributed by atoms with E-state index in [0.29, 0.717) is 20.6 Å². The third-order valence-corrected chi connectivity index (χ3v) is 3.52. The van der Waals surface area contributed by atoms with Gasteiger partial charge in [0.2, 0.25) is 0 Å². The van der Waals surface area contributed by atoms with Gasteiger partial charge in [-0.1, -0.05) is 39.7 Å². The van der Waals surface area contributed by atoms with Crippen molar-refractivity contribution in [3.8, 4) is 0 Å². The van der Waals surface area contributed by atoms with Gasteiger partial charge < -0.3 is 5.73 Å². The molecule has 0 fully saturated rings. The van der Waals surface area contributed by atoms with Gasteiger partial charge in [-0.3, -0.25) is 0 Å². The van der Waals surface area contributed by atoms with Crippen LogP contribution < -0.4 is 5.73 Å². The molecule has 2 aromatic carbocycles. The molecule has 0 aliphatic carbocycles. The smallest absolute Gasteiger partial charge is 0.129 e. The standard InChI is InChI=1S/C13H9BrClF2N/c14-11-6-8(16)2-4-9(11)13(18)10-3-1-7(15)5-12(10)17/h1-6,13H,18H2. The third-order valence-electron chi connectivity index (χ3n) is 2.60. The van der Waals surface area contributed by atoms with E-state index in [0.717, 1.165) is 0 Å². The maximum absolute atomic E-state index is 13.7. The van der Waals surface area contributed by atoms with E-state index in [2.05, 4.69) is 15.9 Å². The Bertz CT molecular complexity index is 538. The normalized spacial score (nSPS) is 12.5. The number of halogens is 4. The summed E-state index contributed by atoms with van der Waals surface area (Å²) in [5, 5.41) is 0.307. The van der Waals surface area contributed by atoms with Crippen molar-refractivity contribution in [2.75, 3.05) is 0 Å². The van der Waals surface area contributed by atoms with Crippen molar-refractivity contribution < 1.29 is 8.78 Å². The summed E-state index contributed by atoms with van der Waals surface area (Å²) in [5.41, 5.74) is 6.90. The summed E-state index contributed by atoms with van der Waals surface area (Å²) in [5.74, 6) is -0.861. The largest absolute Gasteiger partial charge is 0.320 e. The van der Waals surface area contributed by atoms with Gasteiger partial charge in [0.25, 0.3) is 0 Å². The number of benzene rings is 2. The molecule has 0 aliphatic heterocycles. The van der Waals surface area contributed by atoms with E-state index in [4.69, 9.17) is 17.3 Å². The second-order valence-electron chi connectivity index (χ2n) is 3.81. The van der Waals surface area contributed by atoms with Crippen molar-refractivity contribution in [2.45, 2.75) is 6.04 Å². The monoisotopic (exact) mass is 331 g/mol. The average Bonchev–Trinajstić information content (AvgIpc) is 2.28. The van der Waals surface area contributed by atoms with E-state index < -0.39 is 11.9 Å². The minimum Gasteiger partial charge on any atom is -0.320 e. The van der Waals surface area contributed by atoms with E-state index in [1.807, 2.05) is 0 Å². The quantitative estimate of drug-likeness (QED) is 0.865. The molecule has 0 saturated heterocycles. The van der Waals surface area contributed by atoms with Gasteiger partial charge in [-0.05, 0) is 29.8 Å². The van der Waals surface area contributed by atoms with Crippen molar-refractivity contribution >= 4 is 27.5 Å². The Labute approximate surface area is 117 Å². The summed E-state index contributed by atoms with van der Waals surface area (Å²) >= 11 is 8.90. The first kappa shape index (κ1) is 13.5. The van der Waals surface area contributed by atoms with Crippen molar-refractivity contribution in [3.63, 3.8) is 0 Å². The molecule has 94 valence electrons. The van der Waals surface area contributed by atoms with Gasteiger partial charge in [-0.25, -0.2) is 8.78 Å². The molecule has 2 rings (SSSR count). The first-order chi connectivity index (χ1) is 8.49. The molecule has 5 heteroatoms. The summed E-state index contributed by atoms with van der Waals surface area (Å²) < 4.78 is 27.2. The molecule has 0 spiro atoms. The molecule has 0 heterocycles. The number of rotatable bonds is 2. The predicted molar refractivity (Wildman–Crippen MR) is 71.5 cm³/mol. The SMILES string of the molecule is NC(c1ccc(Cl)cc1F)c1ccc(F)cc1Br. The molecule has 0 radical (unpaired) electrons. The van der Waals surface area contributed by atoms with Crippen molar-refractivity contribution in [3.05, 3.63) is 68.7 Å². The van der Waals surface area contributed by atoms with Crippen LogP contribution in [0.1, 0.15) is 17.2 Å². The average molecular weight is 333 g/mol. The lowest BCUT2D eigenvalue weighted by molar-refractivity contribution is 0.598. The Balaban J connectivity index is 2.44. The zero-order valence-electron chi connectivity index (χ0n) is 9.13. The zero-order chi connectivity index (χ0) is 13.3. The fourth-order valence-electron chi connectivity index (χ4n) is 1.67. The highest BCUT2D eigenvalue weighted by molar-refractivity contribution is 9.10. The molecule has 1 nitrogen and oxygen atoms in total. The highest BCUT2D eigenvalue weighted by Gasteiger charge is 2.16. The van der Waals surface area contributed by atoms with Crippen LogP contribution in [0.5, 0.6) is 0 Å². The molecule has 0 bridgehead atoms. The lowest BCUT2D eigenvalue weighted by atomic mass is 9.99. The lowest BCUT2D eigenvalue weighted by Crippen LogP contribution is -2.14. The van der Waals surface area contributed by atoms with Gasteiger partial charge in [0.05, 0.1) is 6.04 Å². The van der Waals surface area contributed by atoms with E-state index >= 15 is 0 Å². The summed E-state index contributed by atoms with van der Waals surface area (Å²) in [6.45, 7) is 0. The Kier molecular flexibility index (Phi) is 4.00. The number of hydrogen-bond donors (Lipinski definition) is 1. The Morgan fingerprint density at radius 2 is 1.72 bits per heavy atom. The Morgan fingerprint density at radius 1 is 1.06 bits per heavy atom. The second kappa shape index (κ2) is 5.34. The first-order valence-electron chi connectivity index (χ1n) is 5.14. The van der Waals surface area contributed by atoms with Crippen molar-refractivity contribution in [1.82, 2.24) is 0 Å². The van der Waals surface area contributed by atoms with Crippen LogP contribution in [-0.4, -0.2) is 0 Å². The second-order valence-corrected chi connectivity index (χ2v) is 5.10. The molecular formula is C13H9BrClF2N. The van der Waals surface area contributed by atoms with Crippen LogP contribution in [0, 0.1) is 11.6 Å². The maximum atomic E-state index is 13.7.